The van der Waals surface area contributed by atoms with Gasteiger partial charge in [-0.2, -0.15) is 0 Å². The minimum absolute atomic E-state index is 0.464. The van der Waals surface area contributed by atoms with Gasteiger partial charge >= 0.3 is 0 Å². The Morgan fingerprint density at radius 3 is 2.35 bits per heavy atom. The molecule has 2 N–H and O–H groups in total. The predicted octanol–water partition coefficient (Wildman–Crippen LogP) is 1.08. The van der Waals surface area contributed by atoms with E-state index in [4.69, 9.17) is 5.73 Å². The molecule has 5 heteroatoms. The van der Waals surface area contributed by atoms with Gasteiger partial charge in [0.15, 0.2) is 0 Å². The Morgan fingerprint density at radius 1 is 1.18 bits per heavy atom. The summed E-state index contributed by atoms with van der Waals surface area (Å²) in [6.07, 6.45) is 3.35. The van der Waals surface area contributed by atoms with Crippen LogP contribution < -0.4 is 10.6 Å². The highest BCUT2D eigenvalue weighted by molar-refractivity contribution is 5.39. The van der Waals surface area contributed by atoms with Gasteiger partial charge in [-0.3, -0.25) is 0 Å². The molecule has 1 aromatic rings. The molecular weight excluding hydrogens is 214 g/mol. The normalized spacial score (nSPS) is 11.2. The zero-order valence-corrected chi connectivity index (χ0v) is 11.2. The number of hydrogen-bond donors (Lipinski definition) is 1. The van der Waals surface area contributed by atoms with Gasteiger partial charge < -0.3 is 15.5 Å². The van der Waals surface area contributed by atoms with E-state index in [1.54, 1.807) is 12.4 Å². The molecule has 0 aliphatic rings. The summed E-state index contributed by atoms with van der Waals surface area (Å²) < 4.78 is 0. The lowest BCUT2D eigenvalue weighted by Gasteiger charge is -2.26. The van der Waals surface area contributed by atoms with Gasteiger partial charge in [-0.15, -0.1) is 0 Å². The third-order valence-electron chi connectivity index (χ3n) is 2.38. The van der Waals surface area contributed by atoms with E-state index in [-0.39, 0.29) is 0 Å². The van der Waals surface area contributed by atoms with Gasteiger partial charge in [-0.05, 0) is 20.0 Å². The highest BCUT2D eigenvalue weighted by atomic mass is 15.2. The van der Waals surface area contributed by atoms with Crippen molar-refractivity contribution < 1.29 is 0 Å². The lowest BCUT2D eigenvalue weighted by molar-refractivity contribution is 0.408. The van der Waals surface area contributed by atoms with E-state index in [1.165, 1.54) is 0 Å². The standard InChI is InChI=1S/C12H23N5/c1-10(2)9-17(6-5-16(3)4)12-8-14-11(13)7-15-12/h7-8,10H,5-6,9H2,1-4H3,(H2,13,14). The SMILES string of the molecule is CC(C)CN(CCN(C)C)c1cnc(N)cn1. The van der Waals surface area contributed by atoms with Crippen LogP contribution in [0.1, 0.15) is 13.8 Å². The number of aromatic nitrogens is 2. The highest BCUT2D eigenvalue weighted by Gasteiger charge is 2.10. The summed E-state index contributed by atoms with van der Waals surface area (Å²) >= 11 is 0. The molecule has 0 spiro atoms. The van der Waals surface area contributed by atoms with E-state index in [0.717, 1.165) is 25.5 Å². The number of anilines is 2. The van der Waals surface area contributed by atoms with Gasteiger partial charge in [0.2, 0.25) is 0 Å². The summed E-state index contributed by atoms with van der Waals surface area (Å²) in [6.45, 7) is 7.33. The first-order valence-corrected chi connectivity index (χ1v) is 5.96. The van der Waals surface area contributed by atoms with Crippen molar-refractivity contribution in [1.29, 1.82) is 0 Å². The molecule has 0 fully saturated rings. The summed E-state index contributed by atoms with van der Waals surface area (Å²) in [4.78, 5) is 12.8. The third-order valence-corrected chi connectivity index (χ3v) is 2.38. The molecule has 5 nitrogen and oxygen atoms in total. The van der Waals surface area contributed by atoms with Gasteiger partial charge in [0.05, 0.1) is 12.4 Å². The molecule has 0 bridgehead atoms. The summed E-state index contributed by atoms with van der Waals surface area (Å²) in [5.41, 5.74) is 5.55. The van der Waals surface area contributed by atoms with Crippen molar-refractivity contribution in [3.63, 3.8) is 0 Å². The first-order valence-electron chi connectivity index (χ1n) is 5.96. The molecule has 1 aromatic heterocycles. The van der Waals surface area contributed by atoms with Crippen LogP contribution in [0.3, 0.4) is 0 Å². The Bertz CT molecular complexity index is 320. The van der Waals surface area contributed by atoms with Crippen LogP contribution in [0.4, 0.5) is 11.6 Å². The molecule has 1 rings (SSSR count). The molecule has 96 valence electrons. The molecule has 0 unspecified atom stereocenters. The lowest BCUT2D eigenvalue weighted by Crippen LogP contribution is -2.35. The largest absolute Gasteiger partial charge is 0.382 e. The maximum Gasteiger partial charge on any atom is 0.147 e. The molecule has 0 amide bonds. The van der Waals surface area contributed by atoms with Gasteiger partial charge in [0, 0.05) is 19.6 Å². The van der Waals surface area contributed by atoms with Crippen LogP contribution in [0.2, 0.25) is 0 Å². The molecule has 17 heavy (non-hydrogen) atoms. The number of nitrogens with zero attached hydrogens (tertiary/aromatic N) is 4. The minimum atomic E-state index is 0.464. The van der Waals surface area contributed by atoms with Crippen LogP contribution in [0.15, 0.2) is 12.4 Å². The van der Waals surface area contributed by atoms with Crippen LogP contribution in [0, 0.1) is 5.92 Å². The maximum atomic E-state index is 5.55. The van der Waals surface area contributed by atoms with E-state index >= 15 is 0 Å². The topological polar surface area (TPSA) is 58.3 Å². The van der Waals surface area contributed by atoms with Crippen LogP contribution in [-0.2, 0) is 0 Å². The van der Waals surface area contributed by atoms with Crippen LogP contribution >= 0.6 is 0 Å². The van der Waals surface area contributed by atoms with E-state index < -0.39 is 0 Å². The van der Waals surface area contributed by atoms with Crippen LogP contribution in [-0.4, -0.2) is 48.6 Å². The zero-order chi connectivity index (χ0) is 12.8. The van der Waals surface area contributed by atoms with E-state index in [0.29, 0.717) is 11.7 Å². The first kappa shape index (κ1) is 13.7. The average Bonchev–Trinajstić information content (AvgIpc) is 2.25. The first-order chi connectivity index (χ1) is 7.99. The molecule has 0 saturated carbocycles. The second kappa shape index (κ2) is 6.39. The van der Waals surface area contributed by atoms with Gasteiger partial charge in [-0.25, -0.2) is 9.97 Å². The second-order valence-corrected chi connectivity index (χ2v) is 4.94. The fourth-order valence-corrected chi connectivity index (χ4v) is 1.56. The fourth-order valence-electron chi connectivity index (χ4n) is 1.56. The summed E-state index contributed by atoms with van der Waals surface area (Å²) in [5, 5.41) is 0. The minimum Gasteiger partial charge on any atom is -0.382 e. The van der Waals surface area contributed by atoms with Gasteiger partial charge in [0.1, 0.15) is 11.6 Å². The van der Waals surface area contributed by atoms with Crippen molar-refractivity contribution in [3.05, 3.63) is 12.4 Å². The Kier molecular flexibility index (Phi) is 5.15. The van der Waals surface area contributed by atoms with Crippen molar-refractivity contribution >= 4 is 11.6 Å². The van der Waals surface area contributed by atoms with Crippen LogP contribution in [0.25, 0.3) is 0 Å². The third kappa shape index (κ3) is 4.99. The molecule has 0 aliphatic heterocycles. The number of hydrogen-bond acceptors (Lipinski definition) is 5. The Morgan fingerprint density at radius 2 is 1.88 bits per heavy atom. The summed E-state index contributed by atoms with van der Waals surface area (Å²) in [6, 6.07) is 0. The molecule has 0 saturated heterocycles. The van der Waals surface area contributed by atoms with Crippen molar-refractivity contribution in [3.8, 4) is 0 Å². The molecule has 0 radical (unpaired) electrons. The number of nitrogens with two attached hydrogens (primary N) is 1. The Labute approximate surface area is 104 Å². The quantitative estimate of drug-likeness (QED) is 0.802. The smallest absolute Gasteiger partial charge is 0.147 e. The summed E-state index contributed by atoms with van der Waals surface area (Å²) in [7, 11) is 4.14. The average molecular weight is 237 g/mol. The zero-order valence-electron chi connectivity index (χ0n) is 11.2. The van der Waals surface area contributed by atoms with Crippen LogP contribution in [0.5, 0.6) is 0 Å². The second-order valence-electron chi connectivity index (χ2n) is 4.94. The van der Waals surface area contributed by atoms with E-state index in [2.05, 4.69) is 47.7 Å². The Balaban J connectivity index is 2.70. The molecule has 0 aliphatic carbocycles. The number of rotatable bonds is 6. The molecule has 0 aromatic carbocycles. The van der Waals surface area contributed by atoms with Crippen molar-refractivity contribution in [1.82, 2.24) is 14.9 Å². The van der Waals surface area contributed by atoms with Crippen molar-refractivity contribution in [2.75, 3.05) is 44.4 Å². The predicted molar refractivity (Wildman–Crippen MR) is 72.0 cm³/mol. The van der Waals surface area contributed by atoms with Crippen molar-refractivity contribution in [2.24, 2.45) is 5.92 Å². The van der Waals surface area contributed by atoms with Crippen molar-refractivity contribution in [2.45, 2.75) is 13.8 Å². The number of likely N-dealkylation sites (N-methyl/N-ethyl adjacent to an activating group) is 1. The maximum absolute atomic E-state index is 5.55. The lowest BCUT2D eigenvalue weighted by atomic mass is 10.2. The van der Waals surface area contributed by atoms with E-state index in [1.807, 2.05) is 0 Å². The molecule has 0 atom stereocenters. The highest BCUT2D eigenvalue weighted by Crippen LogP contribution is 2.11. The monoisotopic (exact) mass is 237 g/mol. The van der Waals surface area contributed by atoms with E-state index in [9.17, 15) is 0 Å². The fraction of sp³-hybridized carbons (Fsp3) is 0.667. The number of nitrogen functional groups attached to an aromatic ring is 1. The van der Waals surface area contributed by atoms with Gasteiger partial charge in [0.25, 0.3) is 0 Å². The Hall–Kier alpha value is -1.36. The summed E-state index contributed by atoms with van der Waals surface area (Å²) in [5.74, 6) is 1.96. The molecular formula is C12H23N5. The molecule has 1 heterocycles. The van der Waals surface area contributed by atoms with Gasteiger partial charge in [-0.1, -0.05) is 13.8 Å².